The maximum absolute atomic E-state index is 6.38. The molecule has 0 aliphatic carbocycles. The summed E-state index contributed by atoms with van der Waals surface area (Å²) in [5.41, 5.74) is 5.14. The third kappa shape index (κ3) is 2.29. The number of para-hydroxylation sites is 1. The quantitative estimate of drug-likeness (QED) is 0.425. The van der Waals surface area contributed by atoms with Crippen molar-refractivity contribution < 1.29 is 0 Å². The first-order valence-electron chi connectivity index (χ1n) is 7.93. The number of halogens is 2. The number of anilines is 2. The summed E-state index contributed by atoms with van der Waals surface area (Å²) in [4.78, 5) is 8.73. The van der Waals surface area contributed by atoms with Gasteiger partial charge in [0.25, 0.3) is 0 Å². The van der Waals surface area contributed by atoms with Crippen molar-refractivity contribution in [2.24, 2.45) is 0 Å². The van der Waals surface area contributed by atoms with Crippen LogP contribution in [0.5, 0.6) is 0 Å². The Morgan fingerprint density at radius 3 is 2.58 bits per heavy atom. The molecular weight excluding hydrogens is 369 g/mol. The van der Waals surface area contributed by atoms with Gasteiger partial charge < -0.3 is 5.32 Å². The average molecular weight is 380 g/mol. The summed E-state index contributed by atoms with van der Waals surface area (Å²) in [6.07, 6.45) is 7.23. The Balaban J connectivity index is 1.84. The number of rotatable bonds is 1. The lowest BCUT2D eigenvalue weighted by Crippen LogP contribution is -1.99. The van der Waals surface area contributed by atoms with Gasteiger partial charge in [-0.15, -0.1) is 0 Å². The van der Waals surface area contributed by atoms with Crippen molar-refractivity contribution in [2.45, 2.75) is 0 Å². The molecule has 4 aromatic rings. The molecule has 1 N–H and O–H groups in total. The van der Waals surface area contributed by atoms with E-state index in [0.717, 1.165) is 33.9 Å². The van der Waals surface area contributed by atoms with Crippen molar-refractivity contribution in [1.29, 1.82) is 0 Å². The van der Waals surface area contributed by atoms with E-state index >= 15 is 0 Å². The minimum Gasteiger partial charge on any atom is -0.339 e. The molecule has 0 saturated heterocycles. The summed E-state index contributed by atoms with van der Waals surface area (Å²) in [7, 11) is 0. The first-order chi connectivity index (χ1) is 12.7. The Morgan fingerprint density at radius 2 is 1.73 bits per heavy atom. The predicted molar refractivity (Wildman–Crippen MR) is 103 cm³/mol. The van der Waals surface area contributed by atoms with Gasteiger partial charge in [-0.25, -0.2) is 9.67 Å². The Morgan fingerprint density at radius 1 is 0.885 bits per heavy atom. The van der Waals surface area contributed by atoms with Gasteiger partial charge in [-0.2, -0.15) is 5.10 Å². The second-order valence-corrected chi connectivity index (χ2v) is 6.67. The number of nitrogens with zero attached hydrogens (tertiary/aromatic N) is 4. The third-order valence-corrected chi connectivity index (χ3v) is 4.92. The first kappa shape index (κ1) is 15.4. The van der Waals surface area contributed by atoms with Crippen LogP contribution < -0.4 is 5.32 Å². The summed E-state index contributed by atoms with van der Waals surface area (Å²) >= 11 is 12.8. The number of benzene rings is 1. The molecule has 26 heavy (non-hydrogen) atoms. The fraction of sp³-hybridized carbons (Fsp3) is 0. The van der Waals surface area contributed by atoms with Crippen LogP contribution in [-0.4, -0.2) is 19.7 Å². The van der Waals surface area contributed by atoms with Crippen LogP contribution in [0.15, 0.2) is 61.2 Å². The highest BCUT2D eigenvalue weighted by Crippen LogP contribution is 2.43. The van der Waals surface area contributed by atoms with Crippen molar-refractivity contribution in [3.05, 3.63) is 71.2 Å². The second kappa shape index (κ2) is 5.83. The molecular formula is C19H11Cl2N5. The molecule has 0 saturated carbocycles. The molecule has 0 bridgehead atoms. The number of nitrogens with one attached hydrogen (secondary N) is 1. The van der Waals surface area contributed by atoms with Gasteiger partial charge in [0.2, 0.25) is 0 Å². The van der Waals surface area contributed by atoms with Crippen molar-refractivity contribution in [1.82, 2.24) is 19.7 Å². The molecule has 0 radical (unpaired) electrons. The van der Waals surface area contributed by atoms with Gasteiger partial charge in [0.1, 0.15) is 17.2 Å². The van der Waals surface area contributed by atoms with Gasteiger partial charge in [-0.3, -0.25) is 4.98 Å². The van der Waals surface area contributed by atoms with Crippen LogP contribution in [0.1, 0.15) is 0 Å². The van der Waals surface area contributed by atoms with E-state index in [-0.39, 0.29) is 0 Å². The molecule has 4 heterocycles. The van der Waals surface area contributed by atoms with Crippen LogP contribution in [0.4, 0.5) is 11.5 Å². The fourth-order valence-electron chi connectivity index (χ4n) is 3.13. The Bertz CT molecular complexity index is 1070. The van der Waals surface area contributed by atoms with Crippen LogP contribution in [0.2, 0.25) is 10.0 Å². The topological polar surface area (TPSA) is 55.6 Å². The SMILES string of the molecule is Clc1cccc(Cl)c1-n1cc2c(n1)-c1cccnc1Nc1ccncc1-2. The third-order valence-electron chi connectivity index (χ3n) is 4.31. The average Bonchev–Trinajstić information content (AvgIpc) is 3.02. The largest absolute Gasteiger partial charge is 0.339 e. The molecule has 0 amide bonds. The van der Waals surface area contributed by atoms with Gasteiger partial charge in [0.15, 0.2) is 0 Å². The van der Waals surface area contributed by atoms with E-state index in [1.807, 2.05) is 36.7 Å². The molecule has 0 spiro atoms. The molecule has 0 fully saturated rings. The van der Waals surface area contributed by atoms with E-state index in [9.17, 15) is 0 Å². The monoisotopic (exact) mass is 379 g/mol. The molecule has 5 nitrogen and oxygen atoms in total. The van der Waals surface area contributed by atoms with E-state index in [4.69, 9.17) is 28.3 Å². The Hall–Kier alpha value is -2.89. The molecule has 1 aliphatic rings. The highest BCUT2D eigenvalue weighted by molar-refractivity contribution is 6.37. The second-order valence-electron chi connectivity index (χ2n) is 5.85. The number of fused-ring (bicyclic) bond motifs is 5. The zero-order valence-corrected chi connectivity index (χ0v) is 14.8. The lowest BCUT2D eigenvalue weighted by molar-refractivity contribution is 0.884. The molecule has 3 aromatic heterocycles. The Labute approximate surface area is 159 Å². The lowest BCUT2D eigenvalue weighted by atomic mass is 10.0. The number of hydrogen-bond acceptors (Lipinski definition) is 4. The van der Waals surface area contributed by atoms with E-state index in [2.05, 4.69) is 15.3 Å². The van der Waals surface area contributed by atoms with E-state index < -0.39 is 0 Å². The summed E-state index contributed by atoms with van der Waals surface area (Å²) in [5.74, 6) is 0.745. The van der Waals surface area contributed by atoms with Crippen molar-refractivity contribution in [3.8, 4) is 28.1 Å². The van der Waals surface area contributed by atoms with Crippen LogP contribution in [-0.2, 0) is 0 Å². The van der Waals surface area contributed by atoms with Crippen molar-refractivity contribution in [3.63, 3.8) is 0 Å². The maximum Gasteiger partial charge on any atom is 0.139 e. The predicted octanol–water partition coefficient (Wildman–Crippen LogP) is 5.36. The van der Waals surface area contributed by atoms with Crippen LogP contribution in [0, 0.1) is 0 Å². The number of aromatic nitrogens is 4. The van der Waals surface area contributed by atoms with Crippen molar-refractivity contribution >= 4 is 34.7 Å². The summed E-state index contributed by atoms with van der Waals surface area (Å²) in [6, 6.07) is 11.2. The maximum atomic E-state index is 6.38. The van der Waals surface area contributed by atoms with Crippen LogP contribution >= 0.6 is 23.2 Å². The standard InChI is InChI=1S/C19H11Cl2N5/c20-14-4-1-5-15(21)18(14)26-10-13-12-9-22-8-6-16(12)24-19-11(17(13)25-26)3-2-7-23-19/h1-10H,(H,23,24). The summed E-state index contributed by atoms with van der Waals surface area (Å²) < 4.78 is 1.72. The van der Waals surface area contributed by atoms with Crippen LogP contribution in [0.3, 0.4) is 0 Å². The van der Waals surface area contributed by atoms with Gasteiger partial charge in [0.05, 0.1) is 15.7 Å². The zero-order chi connectivity index (χ0) is 17.7. The zero-order valence-electron chi connectivity index (χ0n) is 13.3. The normalized spacial score (nSPS) is 11.8. The van der Waals surface area contributed by atoms with Gasteiger partial charge in [-0.1, -0.05) is 29.3 Å². The lowest BCUT2D eigenvalue weighted by Gasteiger charge is -2.09. The minimum absolute atomic E-state index is 0.533. The fourth-order valence-corrected chi connectivity index (χ4v) is 3.70. The summed E-state index contributed by atoms with van der Waals surface area (Å²) in [6.45, 7) is 0. The Kier molecular flexibility index (Phi) is 3.45. The highest BCUT2D eigenvalue weighted by Gasteiger charge is 2.24. The van der Waals surface area contributed by atoms with Gasteiger partial charge >= 0.3 is 0 Å². The summed E-state index contributed by atoms with van der Waals surface area (Å²) in [5, 5.41) is 9.22. The number of hydrogen-bond donors (Lipinski definition) is 1. The van der Waals surface area contributed by atoms with Crippen LogP contribution in [0.25, 0.3) is 28.1 Å². The van der Waals surface area contributed by atoms with E-state index in [1.54, 1.807) is 29.2 Å². The highest BCUT2D eigenvalue weighted by atomic mass is 35.5. The molecule has 1 aliphatic heterocycles. The minimum atomic E-state index is 0.533. The molecule has 5 rings (SSSR count). The molecule has 0 unspecified atom stereocenters. The number of pyridine rings is 2. The smallest absolute Gasteiger partial charge is 0.139 e. The molecule has 126 valence electrons. The molecule has 1 aromatic carbocycles. The molecule has 7 heteroatoms. The van der Waals surface area contributed by atoms with E-state index in [0.29, 0.717) is 15.7 Å². The van der Waals surface area contributed by atoms with E-state index in [1.165, 1.54) is 0 Å². The van der Waals surface area contributed by atoms with Gasteiger partial charge in [0, 0.05) is 41.5 Å². The van der Waals surface area contributed by atoms with Crippen molar-refractivity contribution in [2.75, 3.05) is 5.32 Å². The molecule has 0 atom stereocenters. The van der Waals surface area contributed by atoms with Gasteiger partial charge in [-0.05, 0) is 30.3 Å². The first-order valence-corrected chi connectivity index (χ1v) is 8.69.